The summed E-state index contributed by atoms with van der Waals surface area (Å²) in [5.41, 5.74) is -3.61. The Balaban J connectivity index is 1.80. The lowest BCUT2D eigenvalue weighted by Crippen LogP contribution is -2.35. The Hall–Kier alpha value is -3.40. The maximum atomic E-state index is 14.3. The van der Waals surface area contributed by atoms with Crippen LogP contribution in [-0.2, 0) is 32.5 Å². The minimum Gasteiger partial charge on any atom is -0.321 e. The maximum absolute atomic E-state index is 14.3. The third-order valence-corrected chi connectivity index (χ3v) is 8.97. The molecule has 0 aliphatic carbocycles. The second kappa shape index (κ2) is 11.1. The Morgan fingerprint density at radius 1 is 0.902 bits per heavy atom. The molecule has 0 amide bonds. The minimum absolute atomic E-state index is 0.0885. The first-order chi connectivity index (χ1) is 18.9. The van der Waals surface area contributed by atoms with Gasteiger partial charge < -0.3 is 4.98 Å². The predicted octanol–water partition coefficient (Wildman–Crippen LogP) is 5.30. The number of pyridine rings is 1. The van der Waals surface area contributed by atoms with Crippen LogP contribution in [0.15, 0.2) is 70.4 Å². The van der Waals surface area contributed by atoms with E-state index in [0.29, 0.717) is 28.8 Å². The van der Waals surface area contributed by atoms with Gasteiger partial charge in [0.15, 0.2) is 9.84 Å². The van der Waals surface area contributed by atoms with Crippen molar-refractivity contribution in [3.8, 4) is 21.0 Å². The van der Waals surface area contributed by atoms with Crippen LogP contribution in [0.1, 0.15) is 22.7 Å². The molecular formula is C26H21F5N2O5S3. The number of H-pyrrole nitrogens is 1. The summed E-state index contributed by atoms with van der Waals surface area (Å²) in [6, 6.07) is 10.0. The molecule has 1 atom stereocenters. The van der Waals surface area contributed by atoms with Crippen LogP contribution in [0.3, 0.4) is 0 Å². The SMILES string of the molecule is CS(=O)(=O)NC(Cc1ccc(F)cc1F)c1c(C(F)(F)F)cc(-c2ccc(-c3ccc(S(C)(=O)=O)cc3)s2)[nH]c1=O. The van der Waals surface area contributed by atoms with E-state index in [1.54, 1.807) is 6.07 Å². The zero-order chi connectivity index (χ0) is 30.3. The Morgan fingerprint density at radius 2 is 1.54 bits per heavy atom. The number of alkyl halides is 3. The number of aromatic nitrogens is 1. The van der Waals surface area contributed by atoms with E-state index in [9.17, 15) is 43.6 Å². The summed E-state index contributed by atoms with van der Waals surface area (Å²) in [6.45, 7) is 0. The first kappa shape index (κ1) is 30.6. The van der Waals surface area contributed by atoms with Gasteiger partial charge in [-0.2, -0.15) is 13.2 Å². The Kier molecular flexibility index (Phi) is 8.28. The molecule has 2 aromatic carbocycles. The van der Waals surface area contributed by atoms with E-state index in [2.05, 4.69) is 4.98 Å². The molecule has 0 saturated heterocycles. The van der Waals surface area contributed by atoms with Gasteiger partial charge in [0, 0.05) is 22.8 Å². The van der Waals surface area contributed by atoms with E-state index in [1.807, 2.05) is 4.72 Å². The lowest BCUT2D eigenvalue weighted by Gasteiger charge is -2.22. The number of sulfone groups is 1. The quantitative estimate of drug-likeness (QED) is 0.256. The van der Waals surface area contributed by atoms with Crippen LogP contribution in [-0.4, -0.2) is 34.3 Å². The Morgan fingerprint density at radius 3 is 2.10 bits per heavy atom. The van der Waals surface area contributed by atoms with Crippen molar-refractivity contribution in [2.24, 2.45) is 0 Å². The number of sulfonamides is 1. The van der Waals surface area contributed by atoms with Gasteiger partial charge >= 0.3 is 6.18 Å². The van der Waals surface area contributed by atoms with Gasteiger partial charge in [-0.05, 0) is 53.9 Å². The van der Waals surface area contributed by atoms with Gasteiger partial charge in [-0.25, -0.2) is 30.3 Å². The monoisotopic (exact) mass is 632 g/mol. The van der Waals surface area contributed by atoms with Gasteiger partial charge in [0.2, 0.25) is 10.0 Å². The number of hydrogen-bond acceptors (Lipinski definition) is 6. The van der Waals surface area contributed by atoms with E-state index >= 15 is 0 Å². The summed E-state index contributed by atoms with van der Waals surface area (Å²) in [7, 11) is -7.63. The number of hydrogen-bond donors (Lipinski definition) is 2. The van der Waals surface area contributed by atoms with E-state index in [-0.39, 0.29) is 21.0 Å². The van der Waals surface area contributed by atoms with Gasteiger partial charge in [0.05, 0.1) is 33.3 Å². The number of halogens is 5. The van der Waals surface area contributed by atoms with Crippen LogP contribution in [0, 0.1) is 11.6 Å². The van der Waals surface area contributed by atoms with Crippen LogP contribution in [0.2, 0.25) is 0 Å². The van der Waals surface area contributed by atoms with E-state index < -0.39 is 66.8 Å². The number of benzene rings is 2. The fourth-order valence-electron chi connectivity index (χ4n) is 4.16. The summed E-state index contributed by atoms with van der Waals surface area (Å²) in [5.74, 6) is -2.07. The normalized spacial score (nSPS) is 13.3. The van der Waals surface area contributed by atoms with Crippen molar-refractivity contribution in [2.75, 3.05) is 12.5 Å². The number of nitrogens with one attached hydrogen (secondary N) is 2. The third kappa shape index (κ3) is 7.28. The van der Waals surface area contributed by atoms with Gasteiger partial charge in [0.1, 0.15) is 11.6 Å². The molecule has 2 aromatic heterocycles. The fourth-order valence-corrected chi connectivity index (χ4v) is 6.49. The maximum Gasteiger partial charge on any atom is 0.417 e. The predicted molar refractivity (Wildman–Crippen MR) is 145 cm³/mol. The van der Waals surface area contributed by atoms with Gasteiger partial charge in [0.25, 0.3) is 5.56 Å². The van der Waals surface area contributed by atoms with Crippen LogP contribution in [0.5, 0.6) is 0 Å². The lowest BCUT2D eigenvalue weighted by molar-refractivity contribution is -0.138. The molecule has 4 rings (SSSR count). The summed E-state index contributed by atoms with van der Waals surface area (Å²) in [4.78, 5) is 16.4. The van der Waals surface area contributed by atoms with Crippen molar-refractivity contribution in [3.05, 3.63) is 99.3 Å². The molecule has 1 unspecified atom stereocenters. The molecule has 0 radical (unpaired) electrons. The van der Waals surface area contributed by atoms with Gasteiger partial charge in [-0.15, -0.1) is 11.3 Å². The van der Waals surface area contributed by atoms with Crippen molar-refractivity contribution >= 4 is 31.2 Å². The van der Waals surface area contributed by atoms with Crippen molar-refractivity contribution in [2.45, 2.75) is 23.5 Å². The smallest absolute Gasteiger partial charge is 0.321 e. The molecule has 2 heterocycles. The third-order valence-electron chi connectivity index (χ3n) is 5.96. The molecule has 4 aromatic rings. The highest BCUT2D eigenvalue weighted by Gasteiger charge is 2.38. The molecule has 7 nitrogen and oxygen atoms in total. The number of thiophene rings is 1. The molecule has 2 N–H and O–H groups in total. The molecule has 0 spiro atoms. The summed E-state index contributed by atoms with van der Waals surface area (Å²) in [5, 5.41) is 0. The van der Waals surface area contributed by atoms with Gasteiger partial charge in [-0.1, -0.05) is 18.2 Å². The average Bonchev–Trinajstić information content (AvgIpc) is 3.33. The molecule has 15 heteroatoms. The lowest BCUT2D eigenvalue weighted by atomic mass is 9.95. The topological polar surface area (TPSA) is 113 Å². The van der Waals surface area contributed by atoms with Crippen molar-refractivity contribution < 1.29 is 38.8 Å². The second-order valence-electron chi connectivity index (χ2n) is 9.18. The van der Waals surface area contributed by atoms with E-state index in [0.717, 1.165) is 29.7 Å². The molecule has 0 aliphatic heterocycles. The Bertz CT molecular complexity index is 1880. The molecular weight excluding hydrogens is 611 g/mol. The molecule has 0 fully saturated rings. The van der Waals surface area contributed by atoms with E-state index in [4.69, 9.17) is 0 Å². The standard InChI is InChI=1S/C26H21F5N2O5S3/c1-40(35,36)17-7-4-14(5-8-17)22-9-10-23(39-22)20-13-18(26(29,30)31)24(25(34)32-20)21(33-41(2,37)38)11-15-3-6-16(27)12-19(15)28/h3-10,12-13,21,33H,11H2,1-2H3,(H,32,34). The highest BCUT2D eigenvalue weighted by molar-refractivity contribution is 7.90. The average molecular weight is 633 g/mol. The van der Waals surface area contributed by atoms with Crippen molar-refractivity contribution in [1.82, 2.24) is 9.71 Å². The van der Waals surface area contributed by atoms with Crippen LogP contribution >= 0.6 is 11.3 Å². The van der Waals surface area contributed by atoms with Crippen LogP contribution < -0.4 is 10.3 Å². The summed E-state index contributed by atoms with van der Waals surface area (Å²) < 4.78 is 120. The molecule has 0 aliphatic rings. The molecule has 218 valence electrons. The summed E-state index contributed by atoms with van der Waals surface area (Å²) in [6.07, 6.45) is -4.10. The van der Waals surface area contributed by atoms with Crippen molar-refractivity contribution in [1.29, 1.82) is 0 Å². The first-order valence-corrected chi connectivity index (χ1v) is 16.2. The zero-order valence-electron chi connectivity index (χ0n) is 21.2. The Labute approximate surface area is 235 Å². The number of aromatic amines is 1. The first-order valence-electron chi connectivity index (χ1n) is 11.6. The zero-order valence-corrected chi connectivity index (χ0v) is 23.7. The second-order valence-corrected chi connectivity index (χ2v) is 14.1. The molecule has 0 bridgehead atoms. The van der Waals surface area contributed by atoms with E-state index in [1.165, 1.54) is 30.3 Å². The highest BCUT2D eigenvalue weighted by Crippen LogP contribution is 2.39. The minimum atomic E-state index is -5.11. The number of rotatable bonds is 8. The molecule has 0 saturated carbocycles. The van der Waals surface area contributed by atoms with Crippen molar-refractivity contribution in [3.63, 3.8) is 0 Å². The highest BCUT2D eigenvalue weighted by atomic mass is 32.2. The fraction of sp³-hybridized carbons (Fsp3) is 0.192. The largest absolute Gasteiger partial charge is 0.417 e. The molecule has 41 heavy (non-hydrogen) atoms. The van der Waals surface area contributed by atoms with Gasteiger partial charge in [-0.3, -0.25) is 4.79 Å². The van der Waals surface area contributed by atoms with Crippen LogP contribution in [0.4, 0.5) is 22.0 Å². The summed E-state index contributed by atoms with van der Waals surface area (Å²) >= 11 is 1.03. The van der Waals surface area contributed by atoms with Crippen LogP contribution in [0.25, 0.3) is 21.0 Å².